The zero-order valence-corrected chi connectivity index (χ0v) is 14.7. The molecule has 2 rings (SSSR count). The highest BCUT2D eigenvalue weighted by molar-refractivity contribution is 7.85. The van der Waals surface area contributed by atoms with Crippen LogP contribution in [0, 0.1) is 0 Å². The average molecular weight is 321 g/mol. The standard InChI is InChI=1S/C18H27NO2S/c1-4-15-5-7-16(8-6-15)14(2)13-18(20)19(3)17-9-11-22(21)12-10-17/h5-8,14,17H,4,9-13H2,1-3H3/t14-,17?,22?/m0/s1. The summed E-state index contributed by atoms with van der Waals surface area (Å²) in [4.78, 5) is 14.4. The van der Waals surface area contributed by atoms with Crippen molar-refractivity contribution in [3.05, 3.63) is 35.4 Å². The Labute approximate surface area is 136 Å². The number of hydrogen-bond donors (Lipinski definition) is 0. The van der Waals surface area contributed by atoms with Crippen molar-refractivity contribution in [1.29, 1.82) is 0 Å². The summed E-state index contributed by atoms with van der Waals surface area (Å²) in [6.07, 6.45) is 3.32. The Bertz CT molecular complexity index is 516. The largest absolute Gasteiger partial charge is 0.343 e. The molecule has 0 aliphatic carbocycles. The Kier molecular flexibility index (Phi) is 6.18. The zero-order chi connectivity index (χ0) is 16.1. The van der Waals surface area contributed by atoms with Crippen molar-refractivity contribution in [2.24, 2.45) is 0 Å². The molecule has 0 aromatic heterocycles. The number of carbonyl (C=O) groups is 1. The lowest BCUT2D eigenvalue weighted by Gasteiger charge is -2.31. The van der Waals surface area contributed by atoms with Gasteiger partial charge < -0.3 is 4.90 Å². The summed E-state index contributed by atoms with van der Waals surface area (Å²) in [6.45, 7) is 4.26. The second-order valence-corrected chi connectivity index (χ2v) is 7.98. The molecule has 1 fully saturated rings. The fraction of sp³-hybridized carbons (Fsp3) is 0.611. The van der Waals surface area contributed by atoms with Crippen LogP contribution in [0.2, 0.25) is 0 Å². The van der Waals surface area contributed by atoms with Gasteiger partial charge in [-0.15, -0.1) is 0 Å². The predicted molar refractivity (Wildman–Crippen MR) is 92.5 cm³/mol. The molecule has 0 unspecified atom stereocenters. The second-order valence-electron chi connectivity index (χ2n) is 6.28. The van der Waals surface area contributed by atoms with Gasteiger partial charge in [0.15, 0.2) is 0 Å². The van der Waals surface area contributed by atoms with Gasteiger partial charge in [0.05, 0.1) is 0 Å². The molecule has 1 heterocycles. The molecule has 0 N–H and O–H groups in total. The molecular weight excluding hydrogens is 294 g/mol. The highest BCUT2D eigenvalue weighted by atomic mass is 32.2. The minimum atomic E-state index is -0.672. The molecule has 1 amide bonds. The summed E-state index contributed by atoms with van der Waals surface area (Å²) < 4.78 is 11.4. The van der Waals surface area contributed by atoms with E-state index in [9.17, 15) is 9.00 Å². The van der Waals surface area contributed by atoms with Crippen LogP contribution in [0.25, 0.3) is 0 Å². The smallest absolute Gasteiger partial charge is 0.223 e. The Morgan fingerprint density at radius 3 is 2.41 bits per heavy atom. The van der Waals surface area contributed by atoms with E-state index in [0.29, 0.717) is 6.42 Å². The van der Waals surface area contributed by atoms with Crippen LogP contribution in [0.3, 0.4) is 0 Å². The molecule has 1 aromatic rings. The first-order valence-electron chi connectivity index (χ1n) is 8.20. The predicted octanol–water partition coefficient (Wildman–Crippen LogP) is 3.11. The van der Waals surface area contributed by atoms with E-state index >= 15 is 0 Å². The van der Waals surface area contributed by atoms with E-state index < -0.39 is 10.8 Å². The molecule has 1 aliphatic rings. The molecule has 0 saturated carbocycles. The van der Waals surface area contributed by atoms with Crippen molar-refractivity contribution in [3.63, 3.8) is 0 Å². The third kappa shape index (κ3) is 4.42. The van der Waals surface area contributed by atoms with Gasteiger partial charge in [-0.3, -0.25) is 9.00 Å². The lowest BCUT2D eigenvalue weighted by molar-refractivity contribution is -0.132. The van der Waals surface area contributed by atoms with Crippen LogP contribution in [0.15, 0.2) is 24.3 Å². The lowest BCUT2D eigenvalue weighted by Crippen LogP contribution is -2.41. The molecule has 22 heavy (non-hydrogen) atoms. The molecular formula is C18H27NO2S. The molecule has 0 spiro atoms. The first kappa shape index (κ1) is 17.2. The Morgan fingerprint density at radius 1 is 1.27 bits per heavy atom. The third-order valence-corrected chi connectivity index (χ3v) is 6.12. The van der Waals surface area contributed by atoms with E-state index in [1.807, 2.05) is 11.9 Å². The first-order chi connectivity index (χ1) is 10.5. The van der Waals surface area contributed by atoms with Gasteiger partial charge in [-0.2, -0.15) is 0 Å². The summed E-state index contributed by atoms with van der Waals surface area (Å²) in [5.74, 6) is 1.90. The van der Waals surface area contributed by atoms with Gasteiger partial charge in [0, 0.05) is 41.8 Å². The molecule has 0 radical (unpaired) electrons. The summed E-state index contributed by atoms with van der Waals surface area (Å²) in [5.41, 5.74) is 2.55. The van der Waals surface area contributed by atoms with Crippen LogP contribution in [0.5, 0.6) is 0 Å². The van der Waals surface area contributed by atoms with E-state index in [-0.39, 0.29) is 17.9 Å². The van der Waals surface area contributed by atoms with E-state index in [0.717, 1.165) is 30.8 Å². The Balaban J connectivity index is 1.90. The minimum absolute atomic E-state index is 0.199. The molecule has 1 saturated heterocycles. The van der Waals surface area contributed by atoms with Gasteiger partial charge >= 0.3 is 0 Å². The van der Waals surface area contributed by atoms with E-state index in [1.54, 1.807) is 0 Å². The number of aryl methyl sites for hydroxylation is 1. The van der Waals surface area contributed by atoms with Crippen LogP contribution in [-0.2, 0) is 22.0 Å². The fourth-order valence-electron chi connectivity index (χ4n) is 2.98. The molecule has 1 aliphatic heterocycles. The first-order valence-corrected chi connectivity index (χ1v) is 9.69. The number of nitrogens with zero attached hydrogens (tertiary/aromatic N) is 1. The SMILES string of the molecule is CCc1ccc([C@@H](C)CC(=O)N(C)C2CCS(=O)CC2)cc1. The number of hydrogen-bond acceptors (Lipinski definition) is 2. The van der Waals surface area contributed by atoms with Crippen molar-refractivity contribution in [1.82, 2.24) is 4.90 Å². The van der Waals surface area contributed by atoms with Crippen molar-refractivity contribution < 1.29 is 9.00 Å². The van der Waals surface area contributed by atoms with Gasteiger partial charge in [-0.05, 0) is 36.3 Å². The number of amides is 1. The minimum Gasteiger partial charge on any atom is -0.343 e. The summed E-state index contributed by atoms with van der Waals surface area (Å²) in [6, 6.07) is 8.84. The fourth-order valence-corrected chi connectivity index (χ4v) is 4.25. The zero-order valence-electron chi connectivity index (χ0n) is 13.9. The number of carbonyl (C=O) groups excluding carboxylic acids is 1. The Morgan fingerprint density at radius 2 is 1.86 bits per heavy atom. The maximum absolute atomic E-state index is 12.5. The number of benzene rings is 1. The van der Waals surface area contributed by atoms with Gasteiger partial charge in [0.1, 0.15) is 0 Å². The molecule has 4 heteroatoms. The van der Waals surface area contributed by atoms with Crippen LogP contribution < -0.4 is 0 Å². The van der Waals surface area contributed by atoms with Crippen LogP contribution in [-0.4, -0.2) is 39.6 Å². The van der Waals surface area contributed by atoms with Crippen molar-refractivity contribution >= 4 is 16.7 Å². The molecule has 1 aromatic carbocycles. The van der Waals surface area contributed by atoms with Crippen molar-refractivity contribution in [2.45, 2.75) is 51.5 Å². The van der Waals surface area contributed by atoms with Gasteiger partial charge in [0.2, 0.25) is 5.91 Å². The highest BCUT2D eigenvalue weighted by Crippen LogP contribution is 2.22. The summed E-state index contributed by atoms with van der Waals surface area (Å²) in [5, 5.41) is 0. The van der Waals surface area contributed by atoms with E-state index in [4.69, 9.17) is 0 Å². The van der Waals surface area contributed by atoms with Crippen LogP contribution in [0.4, 0.5) is 0 Å². The quantitative estimate of drug-likeness (QED) is 0.835. The topological polar surface area (TPSA) is 37.4 Å². The summed E-state index contributed by atoms with van der Waals surface area (Å²) >= 11 is 0. The van der Waals surface area contributed by atoms with E-state index in [2.05, 4.69) is 38.1 Å². The highest BCUT2D eigenvalue weighted by Gasteiger charge is 2.25. The molecule has 0 bridgehead atoms. The lowest BCUT2D eigenvalue weighted by atomic mass is 9.95. The van der Waals surface area contributed by atoms with E-state index in [1.165, 1.54) is 11.1 Å². The molecule has 1 atom stereocenters. The van der Waals surface area contributed by atoms with Crippen molar-refractivity contribution in [2.75, 3.05) is 18.6 Å². The van der Waals surface area contributed by atoms with Gasteiger partial charge in [0.25, 0.3) is 0 Å². The van der Waals surface area contributed by atoms with Crippen LogP contribution >= 0.6 is 0 Å². The van der Waals surface area contributed by atoms with Gasteiger partial charge in [-0.25, -0.2) is 0 Å². The molecule has 122 valence electrons. The summed E-state index contributed by atoms with van der Waals surface area (Å²) in [7, 11) is 1.22. The average Bonchev–Trinajstić information content (AvgIpc) is 2.54. The van der Waals surface area contributed by atoms with Crippen LogP contribution in [0.1, 0.15) is 50.2 Å². The third-order valence-electron chi connectivity index (χ3n) is 4.74. The van der Waals surface area contributed by atoms with Gasteiger partial charge in [-0.1, -0.05) is 38.1 Å². The van der Waals surface area contributed by atoms with Crippen molar-refractivity contribution in [3.8, 4) is 0 Å². The number of rotatable bonds is 5. The normalized spacial score (nSPS) is 23.0. The maximum atomic E-state index is 12.5. The Hall–Kier alpha value is -1.16. The second kappa shape index (κ2) is 7.91. The maximum Gasteiger partial charge on any atom is 0.223 e. The molecule has 3 nitrogen and oxygen atoms in total. The monoisotopic (exact) mass is 321 g/mol.